The number of rotatable bonds is 5. The van der Waals surface area contributed by atoms with E-state index in [1.807, 2.05) is 0 Å². The SMILES string of the molecule is CCS(=O)(=O)C1=NN2C(=N)/C(=C\c3ccc(OS(=O)(=O)c4ccccc4)cc3)C(=O)N=C2S1. The van der Waals surface area contributed by atoms with Crippen LogP contribution < -0.4 is 4.18 Å². The van der Waals surface area contributed by atoms with Crippen LogP contribution in [0.3, 0.4) is 0 Å². The van der Waals surface area contributed by atoms with Crippen LogP contribution >= 0.6 is 11.8 Å². The van der Waals surface area contributed by atoms with Crippen LogP contribution in [0.1, 0.15) is 12.5 Å². The number of carbonyl (C=O) groups excluding carboxylic acids is 1. The summed E-state index contributed by atoms with van der Waals surface area (Å²) in [5, 5.41) is 13.2. The lowest BCUT2D eigenvalue weighted by molar-refractivity contribution is -0.114. The highest BCUT2D eigenvalue weighted by molar-refractivity contribution is 8.42. The standard InChI is InChI=1S/C20H16N4O6S3/c1-2-32(26,27)20-23-24-17(21)16(18(25)22-19(24)31-20)12-13-8-10-14(11-9-13)30-33(28,29)15-6-4-3-5-7-15/h3-12,21H,2H2,1H3/b16-12+,21-17?. The summed E-state index contributed by atoms with van der Waals surface area (Å²) in [4.78, 5) is 16.3. The third kappa shape index (κ3) is 4.60. The summed E-state index contributed by atoms with van der Waals surface area (Å²) < 4.78 is 53.7. The number of carbonyl (C=O) groups is 1. The Labute approximate surface area is 194 Å². The molecule has 2 aliphatic heterocycles. The summed E-state index contributed by atoms with van der Waals surface area (Å²) in [5.74, 6) is -1.12. The monoisotopic (exact) mass is 504 g/mol. The quantitative estimate of drug-likeness (QED) is 0.483. The van der Waals surface area contributed by atoms with E-state index in [0.717, 1.165) is 16.8 Å². The highest BCUT2D eigenvalue weighted by Gasteiger charge is 2.39. The van der Waals surface area contributed by atoms with E-state index in [1.54, 1.807) is 18.2 Å². The first-order chi connectivity index (χ1) is 15.6. The Balaban J connectivity index is 1.56. The number of amides is 1. The molecular weight excluding hydrogens is 488 g/mol. The maximum atomic E-state index is 12.4. The Hall–Kier alpha value is -3.29. The predicted octanol–water partition coefficient (Wildman–Crippen LogP) is 2.47. The molecule has 13 heteroatoms. The molecule has 0 fully saturated rings. The van der Waals surface area contributed by atoms with Crippen molar-refractivity contribution in [3.05, 3.63) is 65.7 Å². The Morgan fingerprint density at radius 2 is 1.73 bits per heavy atom. The number of nitrogens with zero attached hydrogens (tertiary/aromatic N) is 3. The second-order valence-corrected chi connectivity index (χ2v) is 11.7. The van der Waals surface area contributed by atoms with Gasteiger partial charge < -0.3 is 4.18 Å². The summed E-state index contributed by atoms with van der Waals surface area (Å²) in [5.41, 5.74) is 0.382. The lowest BCUT2D eigenvalue weighted by Crippen LogP contribution is -2.35. The molecule has 0 atom stereocenters. The molecule has 0 unspecified atom stereocenters. The number of benzene rings is 2. The molecule has 0 aromatic heterocycles. The number of hydrazone groups is 1. The molecule has 170 valence electrons. The van der Waals surface area contributed by atoms with Gasteiger partial charge in [-0.05, 0) is 47.7 Å². The fourth-order valence-electron chi connectivity index (χ4n) is 2.77. The van der Waals surface area contributed by atoms with Crippen LogP contribution in [0.4, 0.5) is 0 Å². The normalized spacial score (nSPS) is 17.6. The molecule has 2 aliphatic rings. The zero-order valence-electron chi connectivity index (χ0n) is 17.0. The lowest BCUT2D eigenvalue weighted by Gasteiger charge is -2.20. The molecule has 2 aromatic rings. The molecule has 1 amide bonds. The number of hydrogen-bond acceptors (Lipinski definition) is 9. The van der Waals surface area contributed by atoms with E-state index >= 15 is 0 Å². The highest BCUT2D eigenvalue weighted by Crippen LogP contribution is 2.30. The van der Waals surface area contributed by atoms with E-state index in [4.69, 9.17) is 9.59 Å². The summed E-state index contributed by atoms with van der Waals surface area (Å²) in [6.45, 7) is 1.47. The van der Waals surface area contributed by atoms with Crippen LogP contribution in [0.15, 0.2) is 75.2 Å². The van der Waals surface area contributed by atoms with Crippen LogP contribution in [0.2, 0.25) is 0 Å². The van der Waals surface area contributed by atoms with E-state index in [2.05, 4.69) is 10.1 Å². The van der Waals surface area contributed by atoms with Crippen LogP contribution in [0, 0.1) is 5.41 Å². The van der Waals surface area contributed by atoms with Gasteiger partial charge >= 0.3 is 10.1 Å². The van der Waals surface area contributed by atoms with Gasteiger partial charge in [0.05, 0.1) is 11.3 Å². The van der Waals surface area contributed by atoms with Crippen LogP contribution in [0.25, 0.3) is 6.08 Å². The molecule has 2 aromatic carbocycles. The number of fused-ring (bicyclic) bond motifs is 1. The van der Waals surface area contributed by atoms with Crippen molar-refractivity contribution < 1.29 is 25.8 Å². The Morgan fingerprint density at radius 1 is 1.06 bits per heavy atom. The molecular formula is C20H16N4O6S3. The van der Waals surface area contributed by atoms with Gasteiger partial charge in [0.2, 0.25) is 19.4 Å². The van der Waals surface area contributed by atoms with Crippen LogP contribution in [-0.4, -0.2) is 48.9 Å². The van der Waals surface area contributed by atoms with Crippen LogP contribution in [0.5, 0.6) is 5.75 Å². The van der Waals surface area contributed by atoms with Gasteiger partial charge in [-0.2, -0.15) is 18.4 Å². The van der Waals surface area contributed by atoms with Crippen molar-refractivity contribution in [2.75, 3.05) is 5.75 Å². The Morgan fingerprint density at radius 3 is 2.36 bits per heavy atom. The van der Waals surface area contributed by atoms with Gasteiger partial charge in [0.1, 0.15) is 10.6 Å². The van der Waals surface area contributed by atoms with Gasteiger partial charge in [0.15, 0.2) is 5.84 Å². The highest BCUT2D eigenvalue weighted by atomic mass is 32.3. The second kappa shape index (κ2) is 8.57. The van der Waals surface area contributed by atoms with Crippen molar-refractivity contribution in [3.63, 3.8) is 0 Å². The van der Waals surface area contributed by atoms with Gasteiger partial charge in [0.25, 0.3) is 5.91 Å². The molecule has 0 bridgehead atoms. The van der Waals surface area contributed by atoms with Crippen molar-refractivity contribution in [2.45, 2.75) is 11.8 Å². The number of nitrogens with one attached hydrogen (secondary N) is 1. The molecule has 0 aliphatic carbocycles. The Bertz CT molecular complexity index is 1440. The number of hydrogen-bond donors (Lipinski definition) is 1. The van der Waals surface area contributed by atoms with Crippen molar-refractivity contribution >= 4 is 59.1 Å². The maximum absolute atomic E-state index is 12.4. The molecule has 10 nitrogen and oxygen atoms in total. The molecule has 2 heterocycles. The first-order valence-corrected chi connectivity index (χ1v) is 13.3. The molecule has 4 rings (SSSR count). The minimum atomic E-state index is -3.99. The molecule has 0 saturated heterocycles. The van der Waals surface area contributed by atoms with Crippen LogP contribution in [-0.2, 0) is 24.7 Å². The molecule has 1 N–H and O–H groups in total. The van der Waals surface area contributed by atoms with Gasteiger partial charge in [0, 0.05) is 0 Å². The maximum Gasteiger partial charge on any atom is 0.339 e. The predicted molar refractivity (Wildman–Crippen MR) is 125 cm³/mol. The topological polar surface area (TPSA) is 146 Å². The first kappa shape index (κ1) is 22.9. The summed E-state index contributed by atoms with van der Waals surface area (Å²) in [6.07, 6.45) is 1.38. The van der Waals surface area contributed by atoms with E-state index in [0.29, 0.717) is 5.56 Å². The molecule has 33 heavy (non-hydrogen) atoms. The van der Waals surface area contributed by atoms with Crippen molar-refractivity contribution in [1.29, 1.82) is 5.41 Å². The number of aliphatic imine (C=N–C) groups is 1. The fourth-order valence-corrected chi connectivity index (χ4v) is 5.89. The fraction of sp³-hybridized carbons (Fsp3) is 0.100. The van der Waals surface area contributed by atoms with Crippen molar-refractivity contribution in [2.24, 2.45) is 10.1 Å². The first-order valence-electron chi connectivity index (χ1n) is 9.43. The average molecular weight is 505 g/mol. The van der Waals surface area contributed by atoms with Gasteiger partial charge in [-0.1, -0.05) is 37.3 Å². The molecule has 0 radical (unpaired) electrons. The van der Waals surface area contributed by atoms with Gasteiger partial charge in [-0.3, -0.25) is 10.2 Å². The van der Waals surface area contributed by atoms with E-state index < -0.39 is 25.9 Å². The zero-order valence-corrected chi connectivity index (χ0v) is 19.4. The molecule has 0 spiro atoms. The second-order valence-electron chi connectivity index (χ2n) is 6.71. The summed E-state index contributed by atoms with van der Waals surface area (Å²) in [7, 11) is -7.61. The summed E-state index contributed by atoms with van der Waals surface area (Å²) in [6, 6.07) is 13.5. The van der Waals surface area contributed by atoms with E-state index in [1.165, 1.54) is 49.4 Å². The number of sulfone groups is 1. The summed E-state index contributed by atoms with van der Waals surface area (Å²) >= 11 is 0.723. The largest absolute Gasteiger partial charge is 0.379 e. The van der Waals surface area contributed by atoms with Gasteiger partial charge in [-0.15, -0.1) is 5.10 Å². The average Bonchev–Trinajstić information content (AvgIpc) is 3.23. The minimum absolute atomic E-state index is 0.00374. The molecule has 0 saturated carbocycles. The lowest BCUT2D eigenvalue weighted by atomic mass is 10.1. The van der Waals surface area contributed by atoms with Crippen molar-refractivity contribution in [3.8, 4) is 5.75 Å². The van der Waals surface area contributed by atoms with Gasteiger partial charge in [-0.25, -0.2) is 8.42 Å². The van der Waals surface area contributed by atoms with E-state index in [9.17, 15) is 21.6 Å². The Kier molecular flexibility index (Phi) is 5.95. The third-order valence-corrected chi connectivity index (χ3v) is 8.86. The minimum Gasteiger partial charge on any atom is -0.379 e. The number of amidine groups is 2. The van der Waals surface area contributed by atoms with Crippen molar-refractivity contribution in [1.82, 2.24) is 5.01 Å². The van der Waals surface area contributed by atoms with E-state index in [-0.39, 0.29) is 37.3 Å². The number of thioether (sulfide) groups is 1. The zero-order chi connectivity index (χ0) is 23.8. The third-order valence-electron chi connectivity index (χ3n) is 4.51. The smallest absolute Gasteiger partial charge is 0.339 e.